The number of nitrogens with zero attached hydrogens (tertiary/aromatic N) is 1. The van der Waals surface area contributed by atoms with Gasteiger partial charge < -0.3 is 9.84 Å². The van der Waals surface area contributed by atoms with Crippen LogP contribution in [-0.2, 0) is 0 Å². The van der Waals surface area contributed by atoms with E-state index in [0.717, 1.165) is 12.0 Å². The zero-order valence-electron chi connectivity index (χ0n) is 13.2. The SMILES string of the molecule is COc1cc(C(C)N2CCCC3CCCCC32)ccc1O. The molecule has 3 rings (SSSR count). The highest BCUT2D eigenvalue weighted by Crippen LogP contribution is 2.40. The molecule has 3 nitrogen and oxygen atoms in total. The quantitative estimate of drug-likeness (QED) is 0.908. The molecule has 1 aromatic carbocycles. The van der Waals surface area contributed by atoms with Gasteiger partial charge in [0.25, 0.3) is 0 Å². The minimum Gasteiger partial charge on any atom is -0.504 e. The summed E-state index contributed by atoms with van der Waals surface area (Å²) in [6.07, 6.45) is 8.28. The molecule has 1 saturated heterocycles. The van der Waals surface area contributed by atoms with Crippen LogP contribution in [0.15, 0.2) is 18.2 Å². The van der Waals surface area contributed by atoms with E-state index in [4.69, 9.17) is 4.74 Å². The Balaban J connectivity index is 1.81. The van der Waals surface area contributed by atoms with E-state index in [1.54, 1.807) is 13.2 Å². The van der Waals surface area contributed by atoms with Crippen LogP contribution in [0.3, 0.4) is 0 Å². The van der Waals surface area contributed by atoms with E-state index < -0.39 is 0 Å². The Morgan fingerprint density at radius 1 is 1.19 bits per heavy atom. The second kappa shape index (κ2) is 6.27. The predicted molar refractivity (Wildman–Crippen MR) is 84.8 cm³/mol. The minimum atomic E-state index is 0.225. The summed E-state index contributed by atoms with van der Waals surface area (Å²) in [5.41, 5.74) is 1.25. The molecule has 0 radical (unpaired) electrons. The fraction of sp³-hybridized carbons (Fsp3) is 0.667. The third-order valence-electron chi connectivity index (χ3n) is 5.47. The number of fused-ring (bicyclic) bond motifs is 1. The molecule has 1 saturated carbocycles. The molecule has 3 unspecified atom stereocenters. The Kier molecular flexibility index (Phi) is 4.39. The van der Waals surface area contributed by atoms with Crippen molar-refractivity contribution in [2.45, 2.75) is 57.5 Å². The molecule has 21 heavy (non-hydrogen) atoms. The Morgan fingerprint density at radius 3 is 2.76 bits per heavy atom. The van der Waals surface area contributed by atoms with Gasteiger partial charge in [0.1, 0.15) is 0 Å². The number of hydrogen-bond acceptors (Lipinski definition) is 3. The number of ether oxygens (including phenoxy) is 1. The minimum absolute atomic E-state index is 0.225. The van der Waals surface area contributed by atoms with Gasteiger partial charge in [0.15, 0.2) is 11.5 Å². The summed E-state index contributed by atoms with van der Waals surface area (Å²) < 4.78 is 5.26. The summed E-state index contributed by atoms with van der Waals surface area (Å²) in [5.74, 6) is 1.70. The van der Waals surface area contributed by atoms with E-state index in [1.807, 2.05) is 12.1 Å². The predicted octanol–water partition coefficient (Wildman–Crippen LogP) is 4.12. The molecule has 0 spiro atoms. The van der Waals surface area contributed by atoms with Crippen molar-refractivity contribution in [2.75, 3.05) is 13.7 Å². The summed E-state index contributed by atoms with van der Waals surface area (Å²) in [6.45, 7) is 3.49. The van der Waals surface area contributed by atoms with Gasteiger partial charge in [0.05, 0.1) is 7.11 Å². The van der Waals surface area contributed by atoms with Gasteiger partial charge in [-0.3, -0.25) is 4.90 Å². The van der Waals surface area contributed by atoms with E-state index in [0.29, 0.717) is 11.8 Å². The molecule has 0 aromatic heterocycles. The van der Waals surface area contributed by atoms with Gasteiger partial charge >= 0.3 is 0 Å². The van der Waals surface area contributed by atoms with Gasteiger partial charge in [0, 0.05) is 12.1 Å². The van der Waals surface area contributed by atoms with Gasteiger partial charge in [-0.05, 0) is 62.8 Å². The van der Waals surface area contributed by atoms with Crippen LogP contribution >= 0.6 is 0 Å². The first kappa shape index (κ1) is 14.7. The lowest BCUT2D eigenvalue weighted by Crippen LogP contribution is -2.47. The number of aromatic hydroxyl groups is 1. The smallest absolute Gasteiger partial charge is 0.160 e. The maximum Gasteiger partial charge on any atom is 0.160 e. The largest absolute Gasteiger partial charge is 0.504 e. The van der Waals surface area contributed by atoms with Crippen molar-refractivity contribution in [1.82, 2.24) is 4.90 Å². The summed E-state index contributed by atoms with van der Waals surface area (Å²) in [5, 5.41) is 9.78. The highest BCUT2D eigenvalue weighted by atomic mass is 16.5. The van der Waals surface area contributed by atoms with E-state index >= 15 is 0 Å². The highest BCUT2D eigenvalue weighted by Gasteiger charge is 2.35. The maximum absolute atomic E-state index is 9.78. The van der Waals surface area contributed by atoms with Crippen molar-refractivity contribution < 1.29 is 9.84 Å². The highest BCUT2D eigenvalue weighted by molar-refractivity contribution is 5.42. The van der Waals surface area contributed by atoms with Crippen LogP contribution in [0.5, 0.6) is 11.5 Å². The average molecular weight is 289 g/mol. The zero-order chi connectivity index (χ0) is 14.8. The Labute approximate surface area is 127 Å². The average Bonchev–Trinajstić information content (AvgIpc) is 2.54. The van der Waals surface area contributed by atoms with Crippen molar-refractivity contribution in [3.05, 3.63) is 23.8 Å². The van der Waals surface area contributed by atoms with Crippen LogP contribution in [0, 0.1) is 5.92 Å². The van der Waals surface area contributed by atoms with Gasteiger partial charge in [-0.1, -0.05) is 18.9 Å². The molecule has 1 aromatic rings. The molecule has 1 heterocycles. The molecule has 2 fully saturated rings. The third kappa shape index (κ3) is 2.89. The number of phenols is 1. The summed E-state index contributed by atoms with van der Waals surface area (Å²) in [7, 11) is 1.61. The molecule has 1 N–H and O–H groups in total. The summed E-state index contributed by atoms with van der Waals surface area (Å²) >= 11 is 0. The Morgan fingerprint density at radius 2 is 1.95 bits per heavy atom. The topological polar surface area (TPSA) is 32.7 Å². The fourth-order valence-electron chi connectivity index (χ4n) is 4.29. The molecule has 116 valence electrons. The Bertz CT molecular complexity index is 486. The van der Waals surface area contributed by atoms with Crippen molar-refractivity contribution in [3.63, 3.8) is 0 Å². The van der Waals surface area contributed by atoms with Crippen molar-refractivity contribution in [2.24, 2.45) is 5.92 Å². The number of piperidine rings is 1. The number of methoxy groups -OCH3 is 1. The standard InChI is InChI=1S/C18H27NO2/c1-13(15-9-10-17(20)18(12-15)21-2)19-11-5-7-14-6-3-4-8-16(14)19/h9-10,12-14,16,20H,3-8,11H2,1-2H3. The molecule has 1 aliphatic carbocycles. The lowest BCUT2D eigenvalue weighted by atomic mass is 9.77. The van der Waals surface area contributed by atoms with E-state index in [9.17, 15) is 5.11 Å². The number of hydrogen-bond donors (Lipinski definition) is 1. The van der Waals surface area contributed by atoms with Crippen molar-refractivity contribution >= 4 is 0 Å². The first-order valence-corrected chi connectivity index (χ1v) is 8.33. The molecule has 0 bridgehead atoms. The van der Waals surface area contributed by atoms with E-state index in [1.165, 1.54) is 50.6 Å². The second-order valence-corrected chi connectivity index (χ2v) is 6.60. The lowest BCUT2D eigenvalue weighted by molar-refractivity contribution is 0.0307. The fourth-order valence-corrected chi connectivity index (χ4v) is 4.29. The van der Waals surface area contributed by atoms with Crippen LogP contribution in [0.2, 0.25) is 0 Å². The first-order valence-electron chi connectivity index (χ1n) is 8.33. The lowest BCUT2D eigenvalue weighted by Gasteiger charge is -2.47. The van der Waals surface area contributed by atoms with Crippen LogP contribution in [-0.4, -0.2) is 29.7 Å². The summed E-state index contributed by atoms with van der Waals surface area (Å²) in [4.78, 5) is 2.69. The normalized spacial score (nSPS) is 27.9. The summed E-state index contributed by atoms with van der Waals surface area (Å²) in [6, 6.07) is 6.93. The number of phenolic OH excluding ortho intramolecular Hbond substituents is 1. The zero-order valence-corrected chi connectivity index (χ0v) is 13.2. The van der Waals surface area contributed by atoms with Crippen LogP contribution in [0.25, 0.3) is 0 Å². The monoisotopic (exact) mass is 289 g/mol. The first-order chi connectivity index (χ1) is 10.2. The van der Waals surface area contributed by atoms with Crippen LogP contribution in [0.4, 0.5) is 0 Å². The van der Waals surface area contributed by atoms with E-state index in [-0.39, 0.29) is 5.75 Å². The second-order valence-electron chi connectivity index (χ2n) is 6.60. The number of likely N-dealkylation sites (tertiary alicyclic amines) is 1. The Hall–Kier alpha value is -1.22. The molecule has 2 aliphatic rings. The van der Waals surface area contributed by atoms with Crippen LogP contribution in [0.1, 0.15) is 57.1 Å². The van der Waals surface area contributed by atoms with Crippen molar-refractivity contribution in [3.8, 4) is 11.5 Å². The molecule has 3 heteroatoms. The maximum atomic E-state index is 9.78. The van der Waals surface area contributed by atoms with Crippen LogP contribution < -0.4 is 4.74 Å². The molecule has 0 amide bonds. The number of benzene rings is 1. The van der Waals surface area contributed by atoms with Gasteiger partial charge in [-0.2, -0.15) is 0 Å². The van der Waals surface area contributed by atoms with Crippen molar-refractivity contribution in [1.29, 1.82) is 0 Å². The molecular formula is C18H27NO2. The van der Waals surface area contributed by atoms with Gasteiger partial charge in [-0.25, -0.2) is 0 Å². The van der Waals surface area contributed by atoms with Gasteiger partial charge in [-0.15, -0.1) is 0 Å². The molecule has 3 atom stereocenters. The number of rotatable bonds is 3. The van der Waals surface area contributed by atoms with E-state index in [2.05, 4.69) is 11.8 Å². The molecule has 1 aliphatic heterocycles. The van der Waals surface area contributed by atoms with Gasteiger partial charge in [0.2, 0.25) is 0 Å². The molecular weight excluding hydrogens is 262 g/mol. The third-order valence-corrected chi connectivity index (χ3v) is 5.47.